The number of aromatic nitrogens is 3. The van der Waals surface area contributed by atoms with Crippen molar-refractivity contribution in [1.29, 1.82) is 0 Å². The van der Waals surface area contributed by atoms with Crippen molar-refractivity contribution < 1.29 is 23.4 Å². The van der Waals surface area contributed by atoms with Gasteiger partial charge in [-0.1, -0.05) is 13.0 Å². The smallest absolute Gasteiger partial charge is 0.168 e. The van der Waals surface area contributed by atoms with Crippen LogP contribution in [0.15, 0.2) is 89.4 Å². The molecule has 11 nitrogen and oxygen atoms in total. The fraction of sp³-hybridized carbons (Fsp3) is 0.417. The Morgan fingerprint density at radius 1 is 0.960 bits per heavy atom. The number of anilines is 3. The minimum absolute atomic E-state index is 0.00404. The van der Waals surface area contributed by atoms with Gasteiger partial charge in [0.15, 0.2) is 6.29 Å². The van der Waals surface area contributed by atoms with Gasteiger partial charge < -0.3 is 29.3 Å². The highest BCUT2D eigenvalue weighted by Gasteiger charge is 2.45. The van der Waals surface area contributed by atoms with Crippen LogP contribution in [0.25, 0.3) is 0 Å². The second-order valence-corrected chi connectivity index (χ2v) is 14.0. The first-order valence-electron chi connectivity index (χ1n) is 17.0. The van der Waals surface area contributed by atoms with E-state index in [9.17, 15) is 13.9 Å². The molecule has 50 heavy (non-hydrogen) atoms. The summed E-state index contributed by atoms with van der Waals surface area (Å²) in [5, 5.41) is 20.7. The molecule has 7 rings (SSSR count). The summed E-state index contributed by atoms with van der Waals surface area (Å²) in [6.45, 7) is 8.47. The molecule has 2 saturated heterocycles. The second-order valence-electron chi connectivity index (χ2n) is 12.9. The van der Waals surface area contributed by atoms with E-state index in [1.807, 2.05) is 18.3 Å². The third-order valence-corrected chi connectivity index (χ3v) is 10.6. The van der Waals surface area contributed by atoms with Gasteiger partial charge in [0.05, 0.1) is 25.3 Å². The van der Waals surface area contributed by atoms with Crippen molar-refractivity contribution in [3.05, 3.63) is 96.6 Å². The lowest BCUT2D eigenvalue weighted by molar-refractivity contribution is -0.0848. The molecule has 264 valence electrons. The van der Waals surface area contributed by atoms with E-state index in [1.54, 1.807) is 16.4 Å². The maximum atomic E-state index is 14.9. The van der Waals surface area contributed by atoms with Gasteiger partial charge in [0.25, 0.3) is 0 Å². The molecule has 2 fully saturated rings. The number of rotatable bonds is 12. The van der Waals surface area contributed by atoms with Crippen molar-refractivity contribution in [3.8, 4) is 0 Å². The highest BCUT2D eigenvalue weighted by atomic mass is 32.2. The van der Waals surface area contributed by atoms with Crippen LogP contribution in [0, 0.1) is 11.6 Å². The molecule has 1 aromatic heterocycles. The first-order valence-corrected chi connectivity index (χ1v) is 17.9. The van der Waals surface area contributed by atoms with E-state index < -0.39 is 29.6 Å². The highest BCUT2D eigenvalue weighted by molar-refractivity contribution is 7.99. The molecular formula is C36H42F2N8O3S. The summed E-state index contributed by atoms with van der Waals surface area (Å²) < 4.78 is 42.6. The van der Waals surface area contributed by atoms with Crippen LogP contribution in [0.5, 0.6) is 0 Å². The molecule has 4 aromatic rings. The van der Waals surface area contributed by atoms with Crippen molar-refractivity contribution in [1.82, 2.24) is 19.8 Å². The lowest BCUT2D eigenvalue weighted by atomic mass is 9.94. The summed E-state index contributed by atoms with van der Waals surface area (Å²) in [5.74, 6) is -0.829. The van der Waals surface area contributed by atoms with Crippen LogP contribution in [0.3, 0.4) is 0 Å². The van der Waals surface area contributed by atoms with E-state index in [2.05, 4.69) is 85.3 Å². The van der Waals surface area contributed by atoms with Crippen LogP contribution in [0.4, 0.5) is 25.8 Å². The number of hydrazone groups is 1. The average molecular weight is 705 g/mol. The van der Waals surface area contributed by atoms with Crippen molar-refractivity contribution >= 4 is 35.2 Å². The molecule has 1 N–H and O–H groups in total. The predicted octanol–water partition coefficient (Wildman–Crippen LogP) is 5.13. The molecule has 3 aromatic carbocycles. The van der Waals surface area contributed by atoms with E-state index in [-0.39, 0.29) is 24.8 Å². The SMILES string of the molecule is CCC(C(C)O)N1CN(c2ccc(N3CCN(c4ccc(SCC5OCC(Cn6cncn6)(c6ccc(F)cc6F)O5)cc4)CC3)cc2)C=N1. The Morgan fingerprint density at radius 3 is 2.26 bits per heavy atom. The van der Waals surface area contributed by atoms with Crippen molar-refractivity contribution in [3.63, 3.8) is 0 Å². The standard InChI is InChI=1S/C36H42F2N8O3S/c1-3-34(26(2)47)46-25-44(24-41-46)30-7-5-28(6-8-30)42-14-16-43(17-15-42)29-9-11-31(12-10-29)50-19-35-48-21-36(49-35,20-45-23-39-22-40-45)32-13-4-27(37)18-33(32)38/h4-13,18,22-24,26,34-35,47H,3,14-17,19-21,25H2,1-2H3. The van der Waals surface area contributed by atoms with Gasteiger partial charge in [0.1, 0.15) is 42.9 Å². The summed E-state index contributed by atoms with van der Waals surface area (Å²) in [5.41, 5.74) is 2.53. The molecular weight excluding hydrogens is 663 g/mol. The molecule has 3 aliphatic heterocycles. The Morgan fingerprint density at radius 2 is 1.64 bits per heavy atom. The number of piperazine rings is 1. The molecule has 14 heteroatoms. The summed E-state index contributed by atoms with van der Waals surface area (Å²) in [4.78, 5) is 12.0. The molecule has 3 aliphatic rings. The number of hydrogen-bond donors (Lipinski definition) is 1. The van der Waals surface area contributed by atoms with Crippen LogP contribution in [0.2, 0.25) is 0 Å². The molecule has 4 unspecified atom stereocenters. The third-order valence-electron chi connectivity index (χ3n) is 9.57. The summed E-state index contributed by atoms with van der Waals surface area (Å²) >= 11 is 1.60. The fourth-order valence-electron chi connectivity index (χ4n) is 6.87. The topological polar surface area (TPSA) is 94.7 Å². The second kappa shape index (κ2) is 14.9. The molecule has 0 amide bonds. The first kappa shape index (κ1) is 34.2. The van der Waals surface area contributed by atoms with Crippen LogP contribution < -0.4 is 14.7 Å². The lowest BCUT2D eigenvalue weighted by Crippen LogP contribution is -2.46. The zero-order valence-corrected chi connectivity index (χ0v) is 29.0. The Kier molecular flexibility index (Phi) is 10.2. The maximum Gasteiger partial charge on any atom is 0.168 e. The average Bonchev–Trinajstić information content (AvgIpc) is 3.91. The molecule has 0 aliphatic carbocycles. The van der Waals surface area contributed by atoms with E-state index in [0.29, 0.717) is 12.4 Å². The molecule has 4 heterocycles. The largest absolute Gasteiger partial charge is 0.391 e. The number of aliphatic hydroxyl groups is 1. The number of benzene rings is 3. The van der Waals surface area contributed by atoms with Gasteiger partial charge in [-0.25, -0.2) is 18.4 Å². The summed E-state index contributed by atoms with van der Waals surface area (Å²) in [6, 6.07) is 20.6. The van der Waals surface area contributed by atoms with Crippen LogP contribution in [0.1, 0.15) is 25.8 Å². The number of aliphatic hydroxyl groups excluding tert-OH is 1. The molecule has 0 spiro atoms. The van der Waals surface area contributed by atoms with Gasteiger partial charge in [0, 0.05) is 65.5 Å². The first-order chi connectivity index (χ1) is 24.3. The Bertz CT molecular complexity index is 1740. The van der Waals surface area contributed by atoms with Gasteiger partial charge in [-0.15, -0.1) is 11.8 Å². The van der Waals surface area contributed by atoms with Gasteiger partial charge in [-0.2, -0.15) is 10.2 Å². The summed E-state index contributed by atoms with van der Waals surface area (Å²) in [6.07, 6.45) is 4.59. The minimum Gasteiger partial charge on any atom is -0.391 e. The Hall–Kier alpha value is -4.24. The predicted molar refractivity (Wildman–Crippen MR) is 190 cm³/mol. The van der Waals surface area contributed by atoms with Crippen molar-refractivity contribution in [2.75, 3.05) is 59.9 Å². The fourth-order valence-corrected chi connectivity index (χ4v) is 7.69. The number of nitrogens with zero attached hydrogens (tertiary/aromatic N) is 8. The quantitative estimate of drug-likeness (QED) is 0.200. The van der Waals surface area contributed by atoms with Gasteiger partial charge >= 0.3 is 0 Å². The highest BCUT2D eigenvalue weighted by Crippen LogP contribution is 2.39. The van der Waals surface area contributed by atoms with Crippen LogP contribution in [-0.2, 0) is 21.6 Å². The Labute approximate surface area is 295 Å². The molecule has 0 saturated carbocycles. The van der Waals surface area contributed by atoms with Crippen molar-refractivity contribution in [2.24, 2.45) is 5.10 Å². The Balaban J connectivity index is 0.899. The van der Waals surface area contributed by atoms with Gasteiger partial charge in [-0.05, 0) is 67.9 Å². The zero-order chi connectivity index (χ0) is 34.7. The molecule has 4 atom stereocenters. The number of halogens is 2. The van der Waals surface area contributed by atoms with Gasteiger partial charge in [0.2, 0.25) is 0 Å². The van der Waals surface area contributed by atoms with E-state index in [1.165, 1.54) is 36.2 Å². The van der Waals surface area contributed by atoms with E-state index >= 15 is 0 Å². The number of thioether (sulfide) groups is 1. The van der Waals surface area contributed by atoms with Crippen molar-refractivity contribution in [2.45, 2.75) is 55.7 Å². The van der Waals surface area contributed by atoms with Gasteiger partial charge in [-0.3, -0.25) is 5.01 Å². The maximum absolute atomic E-state index is 14.9. The third kappa shape index (κ3) is 7.43. The number of hydrogen-bond acceptors (Lipinski definition) is 11. The monoisotopic (exact) mass is 704 g/mol. The van der Waals surface area contributed by atoms with E-state index in [4.69, 9.17) is 9.47 Å². The summed E-state index contributed by atoms with van der Waals surface area (Å²) in [7, 11) is 0. The number of ether oxygens (including phenoxy) is 2. The van der Waals surface area contributed by atoms with Crippen LogP contribution >= 0.6 is 11.8 Å². The normalized spacial score (nSPS) is 22.1. The van der Waals surface area contributed by atoms with Crippen LogP contribution in [-0.4, -0.2) is 94.9 Å². The minimum atomic E-state index is -1.16. The lowest BCUT2D eigenvalue weighted by Gasteiger charge is -2.37. The molecule has 0 bridgehead atoms. The molecule has 0 radical (unpaired) electrons. The van der Waals surface area contributed by atoms with E-state index in [0.717, 1.165) is 49.2 Å². The zero-order valence-electron chi connectivity index (χ0n) is 28.2.